The van der Waals surface area contributed by atoms with Gasteiger partial charge in [-0.25, -0.2) is 4.79 Å². The van der Waals surface area contributed by atoms with Crippen LogP contribution in [0.5, 0.6) is 0 Å². The van der Waals surface area contributed by atoms with E-state index in [1.165, 1.54) is 4.90 Å². The summed E-state index contributed by atoms with van der Waals surface area (Å²) >= 11 is 0. The van der Waals surface area contributed by atoms with Crippen LogP contribution in [0.2, 0.25) is 0 Å². The van der Waals surface area contributed by atoms with Gasteiger partial charge in [-0.2, -0.15) is 0 Å². The molecule has 2 unspecified atom stereocenters. The number of hydrogen-bond donors (Lipinski definition) is 3. The molecule has 24 heavy (non-hydrogen) atoms. The van der Waals surface area contributed by atoms with Gasteiger partial charge in [0.25, 0.3) is 5.91 Å². The van der Waals surface area contributed by atoms with Crippen LogP contribution in [0.25, 0.3) is 0 Å². The van der Waals surface area contributed by atoms with E-state index in [2.05, 4.69) is 10.6 Å². The Balaban J connectivity index is 2.14. The topological polar surface area (TPSA) is 98.7 Å². The summed E-state index contributed by atoms with van der Waals surface area (Å²) in [6.45, 7) is 4.48. The molecule has 0 aromatic heterocycles. The van der Waals surface area contributed by atoms with Crippen molar-refractivity contribution in [3.8, 4) is 0 Å². The summed E-state index contributed by atoms with van der Waals surface area (Å²) in [6.07, 6.45) is 0.574. The predicted molar refractivity (Wildman–Crippen MR) is 90.1 cm³/mol. The van der Waals surface area contributed by atoms with E-state index in [1.54, 1.807) is 25.2 Å². The number of likely N-dealkylation sites (tertiary alicyclic amines) is 1. The van der Waals surface area contributed by atoms with Gasteiger partial charge in [0.05, 0.1) is 5.92 Å². The van der Waals surface area contributed by atoms with Crippen LogP contribution in [0.1, 0.15) is 29.3 Å². The molecule has 1 aliphatic heterocycles. The summed E-state index contributed by atoms with van der Waals surface area (Å²) in [5.41, 5.74) is 1.83. The number of aryl methyl sites for hydroxylation is 1. The Labute approximate surface area is 141 Å². The largest absolute Gasteiger partial charge is 0.481 e. The molecule has 0 spiro atoms. The number of carboxylic acid groups (broad SMARTS) is 1. The predicted octanol–water partition coefficient (Wildman–Crippen LogP) is 1.93. The van der Waals surface area contributed by atoms with E-state index >= 15 is 0 Å². The van der Waals surface area contributed by atoms with Crippen molar-refractivity contribution in [2.45, 2.75) is 20.3 Å². The molecule has 1 heterocycles. The number of carbonyl (C=O) groups excluding carboxylic acids is 2. The molecule has 1 aromatic carbocycles. The number of carboxylic acids is 1. The normalized spacial score (nSPS) is 20.4. The number of benzene rings is 1. The molecule has 1 aromatic rings. The molecule has 2 atom stereocenters. The summed E-state index contributed by atoms with van der Waals surface area (Å²) in [4.78, 5) is 37.0. The lowest BCUT2D eigenvalue weighted by Crippen LogP contribution is -2.47. The lowest BCUT2D eigenvalue weighted by Gasteiger charge is -2.34. The van der Waals surface area contributed by atoms with Gasteiger partial charge in [0, 0.05) is 31.4 Å². The molecule has 0 saturated carbocycles. The Morgan fingerprint density at radius 2 is 1.96 bits per heavy atom. The first-order valence-electron chi connectivity index (χ1n) is 7.93. The zero-order valence-corrected chi connectivity index (χ0v) is 14.1. The molecule has 130 valence electrons. The molecular weight excluding hydrogens is 310 g/mol. The van der Waals surface area contributed by atoms with E-state index in [4.69, 9.17) is 0 Å². The van der Waals surface area contributed by atoms with E-state index in [9.17, 15) is 19.5 Å². The van der Waals surface area contributed by atoms with Crippen LogP contribution >= 0.6 is 0 Å². The van der Waals surface area contributed by atoms with Crippen LogP contribution in [0.3, 0.4) is 0 Å². The monoisotopic (exact) mass is 333 g/mol. The van der Waals surface area contributed by atoms with Crippen molar-refractivity contribution < 1.29 is 19.5 Å². The molecule has 7 heteroatoms. The van der Waals surface area contributed by atoms with Crippen LogP contribution in [0.4, 0.5) is 10.5 Å². The van der Waals surface area contributed by atoms with Gasteiger partial charge in [-0.15, -0.1) is 0 Å². The van der Waals surface area contributed by atoms with E-state index in [0.717, 1.165) is 5.56 Å². The molecule has 7 nitrogen and oxygen atoms in total. The van der Waals surface area contributed by atoms with Crippen molar-refractivity contribution in [1.82, 2.24) is 10.2 Å². The SMILES string of the molecule is CNC(=O)c1ccc(C)c(NC(=O)N2CC(C)CC(C(=O)O)C2)c1. The Morgan fingerprint density at radius 3 is 2.58 bits per heavy atom. The quantitative estimate of drug-likeness (QED) is 0.787. The molecule has 3 N–H and O–H groups in total. The minimum Gasteiger partial charge on any atom is -0.481 e. The van der Waals surface area contributed by atoms with Gasteiger partial charge < -0.3 is 20.6 Å². The van der Waals surface area contributed by atoms with Crippen molar-refractivity contribution in [3.05, 3.63) is 29.3 Å². The fourth-order valence-electron chi connectivity index (χ4n) is 2.93. The van der Waals surface area contributed by atoms with E-state index in [-0.39, 0.29) is 24.4 Å². The van der Waals surface area contributed by atoms with Crippen molar-refractivity contribution >= 4 is 23.6 Å². The van der Waals surface area contributed by atoms with Crippen molar-refractivity contribution in [2.24, 2.45) is 11.8 Å². The highest BCUT2D eigenvalue weighted by Gasteiger charge is 2.32. The maximum absolute atomic E-state index is 12.5. The van der Waals surface area contributed by atoms with Gasteiger partial charge >= 0.3 is 12.0 Å². The number of urea groups is 1. The Hall–Kier alpha value is -2.57. The lowest BCUT2D eigenvalue weighted by molar-refractivity contribution is -0.143. The standard InChI is InChI=1S/C17H23N3O4/c1-10-6-13(16(22)23)9-20(8-10)17(24)19-14-7-12(15(21)18-3)5-4-11(14)2/h4-5,7,10,13H,6,8-9H2,1-3H3,(H,18,21)(H,19,24)(H,22,23). The summed E-state index contributed by atoms with van der Waals surface area (Å²) in [5, 5.41) is 14.5. The second-order valence-corrected chi connectivity index (χ2v) is 6.32. The van der Waals surface area contributed by atoms with Crippen LogP contribution in [-0.4, -0.2) is 48.1 Å². The van der Waals surface area contributed by atoms with Gasteiger partial charge in [-0.05, 0) is 37.0 Å². The number of aliphatic carboxylic acids is 1. The van der Waals surface area contributed by atoms with Crippen LogP contribution in [0.15, 0.2) is 18.2 Å². The second-order valence-electron chi connectivity index (χ2n) is 6.32. The average molecular weight is 333 g/mol. The summed E-state index contributed by atoms with van der Waals surface area (Å²) in [5.74, 6) is -1.53. The highest BCUT2D eigenvalue weighted by atomic mass is 16.4. The van der Waals surface area contributed by atoms with Crippen LogP contribution in [-0.2, 0) is 4.79 Å². The number of anilines is 1. The van der Waals surface area contributed by atoms with Gasteiger partial charge in [0.15, 0.2) is 0 Å². The lowest BCUT2D eigenvalue weighted by atomic mass is 9.91. The number of rotatable bonds is 3. The Morgan fingerprint density at radius 1 is 1.25 bits per heavy atom. The zero-order chi connectivity index (χ0) is 17.9. The minimum absolute atomic E-state index is 0.129. The Kier molecular flexibility index (Phi) is 5.43. The van der Waals surface area contributed by atoms with Crippen molar-refractivity contribution in [2.75, 3.05) is 25.5 Å². The molecular formula is C17H23N3O4. The smallest absolute Gasteiger partial charge is 0.321 e. The van der Waals surface area contributed by atoms with Crippen LogP contribution in [0, 0.1) is 18.8 Å². The molecule has 3 amide bonds. The third kappa shape index (κ3) is 4.04. The van der Waals surface area contributed by atoms with Gasteiger partial charge in [-0.1, -0.05) is 13.0 Å². The average Bonchev–Trinajstić information content (AvgIpc) is 2.55. The van der Waals surface area contributed by atoms with Crippen molar-refractivity contribution in [1.29, 1.82) is 0 Å². The first-order chi connectivity index (χ1) is 11.3. The number of carbonyl (C=O) groups is 3. The number of hydrogen-bond acceptors (Lipinski definition) is 3. The van der Waals surface area contributed by atoms with Crippen molar-refractivity contribution in [3.63, 3.8) is 0 Å². The van der Waals surface area contributed by atoms with E-state index < -0.39 is 11.9 Å². The molecule has 2 rings (SSSR count). The molecule has 0 radical (unpaired) electrons. The minimum atomic E-state index is -0.878. The number of nitrogens with zero attached hydrogens (tertiary/aromatic N) is 1. The van der Waals surface area contributed by atoms with Gasteiger partial charge in [0.2, 0.25) is 0 Å². The number of amides is 3. The highest BCUT2D eigenvalue weighted by Crippen LogP contribution is 2.23. The third-order valence-electron chi connectivity index (χ3n) is 4.26. The first kappa shape index (κ1) is 17.8. The molecule has 1 fully saturated rings. The van der Waals surface area contributed by atoms with Gasteiger partial charge in [-0.3, -0.25) is 9.59 Å². The first-order valence-corrected chi connectivity index (χ1v) is 7.93. The molecule has 0 bridgehead atoms. The zero-order valence-electron chi connectivity index (χ0n) is 14.1. The van der Waals surface area contributed by atoms with E-state index in [1.807, 2.05) is 13.8 Å². The maximum Gasteiger partial charge on any atom is 0.321 e. The number of nitrogens with one attached hydrogen (secondary N) is 2. The summed E-state index contributed by atoms with van der Waals surface area (Å²) < 4.78 is 0. The molecule has 1 aliphatic rings. The number of piperidine rings is 1. The fourth-order valence-corrected chi connectivity index (χ4v) is 2.93. The molecule has 1 saturated heterocycles. The Bertz CT molecular complexity index is 659. The van der Waals surface area contributed by atoms with Gasteiger partial charge in [0.1, 0.15) is 0 Å². The second kappa shape index (κ2) is 7.33. The molecule has 0 aliphatic carbocycles. The fraction of sp³-hybridized carbons (Fsp3) is 0.471. The third-order valence-corrected chi connectivity index (χ3v) is 4.26. The van der Waals surface area contributed by atoms with Crippen LogP contribution < -0.4 is 10.6 Å². The highest BCUT2D eigenvalue weighted by molar-refractivity contribution is 5.97. The summed E-state index contributed by atoms with van der Waals surface area (Å²) in [6, 6.07) is 4.73. The summed E-state index contributed by atoms with van der Waals surface area (Å²) in [7, 11) is 1.54. The maximum atomic E-state index is 12.5. The van der Waals surface area contributed by atoms with E-state index in [0.29, 0.717) is 24.2 Å².